The lowest BCUT2D eigenvalue weighted by Crippen LogP contribution is -2.43. The Morgan fingerprint density at radius 3 is 2.60 bits per heavy atom. The van der Waals surface area contributed by atoms with E-state index in [0.29, 0.717) is 30.5 Å². The molecule has 2 aromatic rings. The molecule has 1 unspecified atom stereocenters. The molecule has 1 saturated heterocycles. The van der Waals surface area contributed by atoms with E-state index in [2.05, 4.69) is 15.3 Å². The normalized spacial score (nSPS) is 17.7. The lowest BCUT2D eigenvalue weighted by Gasteiger charge is -2.32. The molecular weight excluding hydrogens is 323 g/mol. The number of nitrogens with zero attached hydrogens (tertiary/aromatic N) is 3. The molecule has 6 nitrogen and oxygen atoms in total. The lowest BCUT2D eigenvalue weighted by molar-refractivity contribution is -0.131. The Morgan fingerprint density at radius 2 is 1.96 bits per heavy atom. The van der Waals surface area contributed by atoms with Gasteiger partial charge in [-0.2, -0.15) is 4.98 Å². The predicted molar refractivity (Wildman–Crippen MR) is 92.0 cm³/mol. The van der Waals surface area contributed by atoms with Crippen LogP contribution in [-0.4, -0.2) is 38.9 Å². The Labute approximate surface area is 146 Å². The number of ether oxygens (including phenoxy) is 1. The number of nitrogens with one attached hydrogen (secondary N) is 1. The van der Waals surface area contributed by atoms with Crippen LogP contribution in [0.4, 0.5) is 10.3 Å². The van der Waals surface area contributed by atoms with Gasteiger partial charge >= 0.3 is 0 Å². The number of hydrogen-bond donors (Lipinski definition) is 1. The quantitative estimate of drug-likeness (QED) is 0.922. The van der Waals surface area contributed by atoms with Crippen LogP contribution < -0.4 is 10.1 Å². The van der Waals surface area contributed by atoms with E-state index in [4.69, 9.17) is 4.74 Å². The van der Waals surface area contributed by atoms with Crippen molar-refractivity contribution >= 4 is 11.9 Å². The minimum atomic E-state index is -0.327. The van der Waals surface area contributed by atoms with Gasteiger partial charge in [-0.1, -0.05) is 0 Å². The first kappa shape index (κ1) is 17.1. The van der Waals surface area contributed by atoms with Gasteiger partial charge in [0.05, 0.1) is 6.04 Å². The highest BCUT2D eigenvalue weighted by Gasteiger charge is 2.36. The Bertz CT molecular complexity index is 758. The largest absolute Gasteiger partial charge is 0.439 e. The van der Waals surface area contributed by atoms with Crippen molar-refractivity contribution in [3.05, 3.63) is 42.3 Å². The fourth-order valence-electron chi connectivity index (χ4n) is 2.73. The van der Waals surface area contributed by atoms with E-state index in [1.54, 1.807) is 12.3 Å². The van der Waals surface area contributed by atoms with Gasteiger partial charge in [0.1, 0.15) is 11.6 Å². The van der Waals surface area contributed by atoms with Crippen molar-refractivity contribution in [3.63, 3.8) is 0 Å². The molecule has 0 spiro atoms. The van der Waals surface area contributed by atoms with Crippen LogP contribution in [0.5, 0.6) is 11.6 Å². The monoisotopic (exact) mass is 344 g/mol. The summed E-state index contributed by atoms with van der Waals surface area (Å²) in [7, 11) is 0. The molecule has 1 aromatic carbocycles. The number of aromatic nitrogens is 2. The summed E-state index contributed by atoms with van der Waals surface area (Å²) in [6.45, 7) is 6.65. The topological polar surface area (TPSA) is 67.3 Å². The van der Waals surface area contributed by atoms with Gasteiger partial charge in [-0.25, -0.2) is 9.37 Å². The van der Waals surface area contributed by atoms with Gasteiger partial charge in [0.15, 0.2) is 0 Å². The number of amides is 1. The molecule has 3 rings (SSSR count). The number of benzene rings is 1. The first-order valence-electron chi connectivity index (χ1n) is 8.15. The standard InChI is InChI=1S/C18H21FN4O2/c1-18(2,3)23-11-13(10-16(23)24)21-17-20-9-8-15(22-17)25-14-6-4-12(19)5-7-14/h4-9,13H,10-11H2,1-3H3,(H,20,21,22). The van der Waals surface area contributed by atoms with Crippen LogP contribution in [0.15, 0.2) is 36.5 Å². The van der Waals surface area contributed by atoms with Gasteiger partial charge in [0.2, 0.25) is 17.7 Å². The summed E-state index contributed by atoms with van der Waals surface area (Å²) in [6.07, 6.45) is 1.98. The number of hydrogen-bond acceptors (Lipinski definition) is 5. The van der Waals surface area contributed by atoms with Crippen molar-refractivity contribution in [2.24, 2.45) is 0 Å². The first-order chi connectivity index (χ1) is 11.8. The molecule has 1 aliphatic rings. The van der Waals surface area contributed by atoms with Crippen molar-refractivity contribution in [3.8, 4) is 11.6 Å². The molecule has 25 heavy (non-hydrogen) atoms. The highest BCUT2D eigenvalue weighted by Crippen LogP contribution is 2.24. The van der Waals surface area contributed by atoms with Gasteiger partial charge in [-0.05, 0) is 45.0 Å². The van der Waals surface area contributed by atoms with Crippen LogP contribution in [0.2, 0.25) is 0 Å². The van der Waals surface area contributed by atoms with Crippen LogP contribution in [0.1, 0.15) is 27.2 Å². The van der Waals surface area contributed by atoms with Crippen LogP contribution in [0.3, 0.4) is 0 Å². The summed E-state index contributed by atoms with van der Waals surface area (Å²) in [5.41, 5.74) is -0.206. The molecule has 1 atom stereocenters. The summed E-state index contributed by atoms with van der Waals surface area (Å²) >= 11 is 0. The molecule has 7 heteroatoms. The van der Waals surface area contributed by atoms with Gasteiger partial charge in [-0.3, -0.25) is 4.79 Å². The summed E-state index contributed by atoms with van der Waals surface area (Å²) in [4.78, 5) is 22.5. The summed E-state index contributed by atoms with van der Waals surface area (Å²) in [5.74, 6) is 1.02. The van der Waals surface area contributed by atoms with E-state index in [1.165, 1.54) is 24.3 Å². The molecule has 132 valence electrons. The molecule has 0 aliphatic carbocycles. The third-order valence-electron chi connectivity index (χ3n) is 3.93. The molecule has 0 saturated carbocycles. The maximum absolute atomic E-state index is 12.9. The second-order valence-corrected chi connectivity index (χ2v) is 7.00. The SMILES string of the molecule is CC(C)(C)N1CC(Nc2nccc(Oc3ccc(F)cc3)n2)CC1=O. The van der Waals surface area contributed by atoms with Gasteiger partial charge < -0.3 is 15.0 Å². The van der Waals surface area contributed by atoms with Crippen LogP contribution in [0, 0.1) is 5.82 Å². The van der Waals surface area contributed by atoms with Crippen molar-refractivity contribution < 1.29 is 13.9 Å². The zero-order chi connectivity index (χ0) is 18.0. The molecule has 2 heterocycles. The van der Waals surface area contributed by atoms with Crippen LogP contribution in [-0.2, 0) is 4.79 Å². The van der Waals surface area contributed by atoms with Crippen LogP contribution >= 0.6 is 0 Å². The number of carbonyl (C=O) groups excluding carboxylic acids is 1. The molecule has 1 aromatic heterocycles. The minimum absolute atomic E-state index is 0.0483. The smallest absolute Gasteiger partial charge is 0.226 e. The van der Waals surface area contributed by atoms with Gasteiger partial charge in [-0.15, -0.1) is 0 Å². The van der Waals surface area contributed by atoms with Gasteiger partial charge in [0, 0.05) is 30.8 Å². The highest BCUT2D eigenvalue weighted by atomic mass is 19.1. The van der Waals surface area contributed by atoms with Crippen molar-refractivity contribution in [2.75, 3.05) is 11.9 Å². The molecule has 1 N–H and O–H groups in total. The Balaban J connectivity index is 1.66. The second-order valence-electron chi connectivity index (χ2n) is 7.00. The molecule has 0 radical (unpaired) electrons. The third-order valence-corrected chi connectivity index (χ3v) is 3.93. The fraction of sp³-hybridized carbons (Fsp3) is 0.389. The van der Waals surface area contributed by atoms with E-state index < -0.39 is 0 Å². The molecule has 1 fully saturated rings. The maximum Gasteiger partial charge on any atom is 0.226 e. The predicted octanol–water partition coefficient (Wildman–Crippen LogP) is 3.22. The Kier molecular flexibility index (Phi) is 4.57. The summed E-state index contributed by atoms with van der Waals surface area (Å²) in [6, 6.07) is 7.27. The Hall–Kier alpha value is -2.70. The third kappa shape index (κ3) is 4.23. The number of likely N-dealkylation sites (tertiary alicyclic amines) is 1. The number of rotatable bonds is 4. The van der Waals surface area contributed by atoms with Crippen molar-refractivity contribution in [2.45, 2.75) is 38.8 Å². The van der Waals surface area contributed by atoms with E-state index in [1.807, 2.05) is 25.7 Å². The zero-order valence-corrected chi connectivity index (χ0v) is 14.5. The van der Waals surface area contributed by atoms with Crippen LogP contribution in [0.25, 0.3) is 0 Å². The fourth-order valence-corrected chi connectivity index (χ4v) is 2.73. The van der Waals surface area contributed by atoms with E-state index >= 15 is 0 Å². The zero-order valence-electron chi connectivity index (χ0n) is 14.5. The summed E-state index contributed by atoms with van der Waals surface area (Å²) in [5, 5.41) is 3.18. The number of carbonyl (C=O) groups is 1. The van der Waals surface area contributed by atoms with Crippen molar-refractivity contribution in [1.29, 1.82) is 0 Å². The lowest BCUT2D eigenvalue weighted by atomic mass is 10.1. The average Bonchev–Trinajstić information content (AvgIpc) is 2.91. The van der Waals surface area contributed by atoms with Crippen molar-refractivity contribution in [1.82, 2.24) is 14.9 Å². The average molecular weight is 344 g/mol. The number of halogens is 1. The minimum Gasteiger partial charge on any atom is -0.439 e. The Morgan fingerprint density at radius 1 is 1.24 bits per heavy atom. The van der Waals surface area contributed by atoms with E-state index in [-0.39, 0.29) is 23.3 Å². The number of anilines is 1. The maximum atomic E-state index is 12.9. The van der Waals surface area contributed by atoms with E-state index in [0.717, 1.165) is 0 Å². The summed E-state index contributed by atoms with van der Waals surface area (Å²) < 4.78 is 18.5. The highest BCUT2D eigenvalue weighted by molar-refractivity contribution is 5.80. The first-order valence-corrected chi connectivity index (χ1v) is 8.15. The van der Waals surface area contributed by atoms with E-state index in [9.17, 15) is 9.18 Å². The van der Waals surface area contributed by atoms with Gasteiger partial charge in [0.25, 0.3) is 0 Å². The molecule has 0 bridgehead atoms. The molecule has 1 aliphatic heterocycles. The molecule has 1 amide bonds. The molecular formula is C18H21FN4O2. The second kappa shape index (κ2) is 6.66.